The van der Waals surface area contributed by atoms with E-state index in [2.05, 4.69) is 25.8 Å². The molecule has 1 N–H and O–H groups in total. The minimum atomic E-state index is -0.881. The van der Waals surface area contributed by atoms with Crippen molar-refractivity contribution in [3.8, 4) is 0 Å². The third-order valence-electron chi connectivity index (χ3n) is 3.57. The molecule has 1 fully saturated rings. The summed E-state index contributed by atoms with van der Waals surface area (Å²) in [7, 11) is 3.70. The van der Waals surface area contributed by atoms with Crippen LogP contribution in [0.15, 0.2) is 0 Å². The van der Waals surface area contributed by atoms with Crippen LogP contribution in [0.5, 0.6) is 0 Å². The zero-order chi connectivity index (χ0) is 13.9. The van der Waals surface area contributed by atoms with Gasteiger partial charge in [-0.25, -0.2) is 4.79 Å². The Balaban J connectivity index is 2.54. The molecule has 1 aliphatic rings. The van der Waals surface area contributed by atoms with Crippen LogP contribution in [0.4, 0.5) is 4.79 Å². The molecule has 0 aromatic carbocycles. The van der Waals surface area contributed by atoms with Gasteiger partial charge in [0.05, 0.1) is 6.42 Å². The highest BCUT2D eigenvalue weighted by Gasteiger charge is 2.34. The van der Waals surface area contributed by atoms with Gasteiger partial charge in [0.15, 0.2) is 0 Å². The van der Waals surface area contributed by atoms with Gasteiger partial charge in [-0.15, -0.1) is 0 Å². The van der Waals surface area contributed by atoms with E-state index in [1.807, 2.05) is 0 Å². The Kier molecular flexibility index (Phi) is 4.56. The van der Waals surface area contributed by atoms with Gasteiger partial charge in [-0.1, -0.05) is 0 Å². The molecule has 1 saturated heterocycles. The lowest BCUT2D eigenvalue weighted by atomic mass is 10.00. The lowest BCUT2D eigenvalue weighted by molar-refractivity contribution is -0.137. The van der Waals surface area contributed by atoms with Crippen molar-refractivity contribution in [2.75, 3.05) is 40.3 Å². The standard InChI is InChI=1S/C12H23N3O3/c1-12(2)9-15(8-7-14(12)4)11(18)13(3)6-5-10(16)17/h5-9H2,1-4H3,(H,16,17). The summed E-state index contributed by atoms with van der Waals surface area (Å²) >= 11 is 0. The van der Waals surface area contributed by atoms with Gasteiger partial charge in [0.25, 0.3) is 0 Å². The molecule has 0 radical (unpaired) electrons. The average molecular weight is 257 g/mol. The summed E-state index contributed by atoms with van der Waals surface area (Å²) in [5.74, 6) is -0.881. The molecule has 104 valence electrons. The second-order valence-electron chi connectivity index (χ2n) is 5.50. The maximum Gasteiger partial charge on any atom is 0.319 e. The van der Waals surface area contributed by atoms with Crippen molar-refractivity contribution in [1.29, 1.82) is 0 Å². The lowest BCUT2D eigenvalue weighted by Gasteiger charge is -2.46. The average Bonchev–Trinajstić information content (AvgIpc) is 2.28. The number of amides is 2. The van der Waals surface area contributed by atoms with Crippen LogP contribution >= 0.6 is 0 Å². The van der Waals surface area contributed by atoms with Crippen molar-refractivity contribution in [1.82, 2.24) is 14.7 Å². The van der Waals surface area contributed by atoms with Crippen molar-refractivity contribution < 1.29 is 14.7 Å². The molecular weight excluding hydrogens is 234 g/mol. The molecule has 6 nitrogen and oxygen atoms in total. The van der Waals surface area contributed by atoms with E-state index in [9.17, 15) is 9.59 Å². The van der Waals surface area contributed by atoms with E-state index in [4.69, 9.17) is 5.11 Å². The molecule has 1 heterocycles. The zero-order valence-electron chi connectivity index (χ0n) is 11.6. The van der Waals surface area contributed by atoms with Crippen LogP contribution in [0.3, 0.4) is 0 Å². The summed E-state index contributed by atoms with van der Waals surface area (Å²) in [6.45, 7) is 6.65. The van der Waals surface area contributed by atoms with Gasteiger partial charge in [0.1, 0.15) is 0 Å². The number of carbonyl (C=O) groups excluding carboxylic acids is 1. The van der Waals surface area contributed by atoms with Gasteiger partial charge >= 0.3 is 12.0 Å². The SMILES string of the molecule is CN(CCC(=O)O)C(=O)N1CCN(C)C(C)(C)C1. The minimum Gasteiger partial charge on any atom is -0.481 e. The molecule has 1 aliphatic heterocycles. The third kappa shape index (κ3) is 3.60. The highest BCUT2D eigenvalue weighted by Crippen LogP contribution is 2.19. The summed E-state index contributed by atoms with van der Waals surface area (Å²) in [6, 6.07) is -0.0857. The van der Waals surface area contributed by atoms with Crippen molar-refractivity contribution in [2.24, 2.45) is 0 Å². The number of piperazine rings is 1. The van der Waals surface area contributed by atoms with Crippen LogP contribution in [0.1, 0.15) is 20.3 Å². The Morgan fingerprint density at radius 3 is 2.44 bits per heavy atom. The van der Waals surface area contributed by atoms with Crippen LogP contribution in [-0.4, -0.2) is 77.6 Å². The van der Waals surface area contributed by atoms with Gasteiger partial charge in [-0.2, -0.15) is 0 Å². The van der Waals surface area contributed by atoms with E-state index in [-0.39, 0.29) is 24.5 Å². The quantitative estimate of drug-likeness (QED) is 0.801. The fourth-order valence-electron chi connectivity index (χ4n) is 2.00. The second-order valence-corrected chi connectivity index (χ2v) is 5.50. The largest absolute Gasteiger partial charge is 0.481 e. The van der Waals surface area contributed by atoms with Crippen LogP contribution in [-0.2, 0) is 4.79 Å². The van der Waals surface area contributed by atoms with Crippen molar-refractivity contribution in [3.05, 3.63) is 0 Å². The van der Waals surface area contributed by atoms with E-state index < -0.39 is 5.97 Å². The molecule has 1 rings (SSSR count). The molecule has 0 aromatic rings. The predicted molar refractivity (Wildman–Crippen MR) is 68.6 cm³/mol. The Hall–Kier alpha value is -1.30. The number of likely N-dealkylation sites (N-methyl/N-ethyl adjacent to an activating group) is 1. The number of aliphatic carboxylic acids is 1. The monoisotopic (exact) mass is 257 g/mol. The number of carboxylic acid groups (broad SMARTS) is 1. The van der Waals surface area contributed by atoms with Crippen LogP contribution in [0.25, 0.3) is 0 Å². The van der Waals surface area contributed by atoms with Crippen LogP contribution < -0.4 is 0 Å². The predicted octanol–water partition coefficient (Wildman–Crippen LogP) is 0.539. The molecule has 0 aliphatic carbocycles. The highest BCUT2D eigenvalue weighted by atomic mass is 16.4. The van der Waals surface area contributed by atoms with E-state index >= 15 is 0 Å². The number of hydrogen-bond acceptors (Lipinski definition) is 3. The normalized spacial score (nSPS) is 19.7. The smallest absolute Gasteiger partial charge is 0.319 e. The maximum absolute atomic E-state index is 12.1. The Labute approximate surface area is 108 Å². The summed E-state index contributed by atoms with van der Waals surface area (Å²) in [5.41, 5.74) is -0.0401. The van der Waals surface area contributed by atoms with E-state index in [0.717, 1.165) is 6.54 Å². The van der Waals surface area contributed by atoms with Crippen LogP contribution in [0, 0.1) is 0 Å². The number of carboxylic acids is 1. The molecule has 0 bridgehead atoms. The van der Waals surface area contributed by atoms with E-state index in [1.54, 1.807) is 11.9 Å². The molecule has 0 atom stereocenters. The highest BCUT2D eigenvalue weighted by molar-refractivity contribution is 5.75. The molecule has 0 unspecified atom stereocenters. The van der Waals surface area contributed by atoms with Gasteiger partial charge in [0.2, 0.25) is 0 Å². The van der Waals surface area contributed by atoms with E-state index in [0.29, 0.717) is 13.1 Å². The first-order valence-electron chi connectivity index (χ1n) is 6.17. The zero-order valence-corrected chi connectivity index (χ0v) is 11.6. The fraction of sp³-hybridized carbons (Fsp3) is 0.833. The molecule has 2 amide bonds. The second kappa shape index (κ2) is 5.56. The van der Waals surface area contributed by atoms with Crippen molar-refractivity contribution >= 4 is 12.0 Å². The Morgan fingerprint density at radius 1 is 1.33 bits per heavy atom. The Morgan fingerprint density at radius 2 is 1.94 bits per heavy atom. The van der Waals surface area contributed by atoms with Crippen LogP contribution in [0.2, 0.25) is 0 Å². The molecule has 6 heteroatoms. The maximum atomic E-state index is 12.1. The molecule has 0 aromatic heterocycles. The third-order valence-corrected chi connectivity index (χ3v) is 3.57. The summed E-state index contributed by atoms with van der Waals surface area (Å²) in [4.78, 5) is 28.1. The van der Waals surface area contributed by atoms with Gasteiger partial charge in [-0.3, -0.25) is 9.69 Å². The number of hydrogen-bond donors (Lipinski definition) is 1. The molecular formula is C12H23N3O3. The van der Waals surface area contributed by atoms with E-state index in [1.165, 1.54) is 4.90 Å². The summed E-state index contributed by atoms with van der Waals surface area (Å²) in [5, 5.41) is 8.61. The fourth-order valence-corrected chi connectivity index (χ4v) is 2.00. The topological polar surface area (TPSA) is 64.1 Å². The van der Waals surface area contributed by atoms with Crippen molar-refractivity contribution in [2.45, 2.75) is 25.8 Å². The first kappa shape index (κ1) is 14.8. The minimum absolute atomic E-state index is 0.0145. The van der Waals surface area contributed by atoms with Crippen molar-refractivity contribution in [3.63, 3.8) is 0 Å². The first-order chi connectivity index (χ1) is 8.24. The molecule has 0 saturated carbocycles. The summed E-state index contributed by atoms with van der Waals surface area (Å²) in [6.07, 6.45) is -0.0145. The number of rotatable bonds is 3. The number of nitrogens with zero attached hydrogens (tertiary/aromatic N) is 3. The van der Waals surface area contributed by atoms with Gasteiger partial charge in [0, 0.05) is 38.8 Å². The van der Waals surface area contributed by atoms with Gasteiger partial charge < -0.3 is 14.9 Å². The van der Waals surface area contributed by atoms with Gasteiger partial charge in [-0.05, 0) is 20.9 Å². The number of urea groups is 1. The summed E-state index contributed by atoms with van der Waals surface area (Å²) < 4.78 is 0. The lowest BCUT2D eigenvalue weighted by Crippen LogP contribution is -2.60. The molecule has 0 spiro atoms. The number of carbonyl (C=O) groups is 2. The first-order valence-corrected chi connectivity index (χ1v) is 6.17. The Bertz CT molecular complexity index is 331. The molecule has 18 heavy (non-hydrogen) atoms.